The van der Waals surface area contributed by atoms with E-state index in [1.54, 1.807) is 42.5 Å². The van der Waals surface area contributed by atoms with Gasteiger partial charge in [-0.05, 0) is 50.5 Å². The maximum absolute atomic E-state index is 12.4. The van der Waals surface area contributed by atoms with E-state index in [4.69, 9.17) is 16.3 Å². The van der Waals surface area contributed by atoms with Gasteiger partial charge >= 0.3 is 0 Å². The molecule has 0 aliphatic heterocycles. The smallest absolute Gasteiger partial charge is 0.255 e. The molecule has 0 saturated carbocycles. The second kappa shape index (κ2) is 9.22. The Hall–Kier alpha value is -2.57. The third kappa shape index (κ3) is 5.47. The summed E-state index contributed by atoms with van der Waals surface area (Å²) in [6, 6.07) is 11.5. The topological polar surface area (TPSA) is 70.7 Å². The van der Waals surface area contributed by atoms with E-state index < -0.39 is 0 Å². The molecule has 0 aromatic heterocycles. The van der Waals surface area contributed by atoms with Crippen LogP contribution in [0.3, 0.4) is 0 Å². The number of hydrogen-bond donors (Lipinski definition) is 2. The van der Waals surface area contributed by atoms with Crippen molar-refractivity contribution in [2.75, 3.05) is 39.6 Å². The monoisotopic (exact) mass is 375 g/mol. The van der Waals surface area contributed by atoms with E-state index in [-0.39, 0.29) is 11.8 Å². The van der Waals surface area contributed by atoms with E-state index >= 15 is 0 Å². The number of ether oxygens (including phenoxy) is 1. The van der Waals surface area contributed by atoms with Crippen LogP contribution in [0.1, 0.15) is 20.7 Å². The van der Waals surface area contributed by atoms with E-state index in [1.165, 1.54) is 7.11 Å². The summed E-state index contributed by atoms with van der Waals surface area (Å²) in [5.74, 6) is -0.00998. The maximum atomic E-state index is 12.4. The minimum absolute atomic E-state index is 0.214. The summed E-state index contributed by atoms with van der Waals surface area (Å²) >= 11 is 6.06. The Balaban J connectivity index is 2.05. The lowest BCUT2D eigenvalue weighted by atomic mass is 10.1. The zero-order chi connectivity index (χ0) is 19.1. The Labute approximate surface area is 158 Å². The van der Waals surface area contributed by atoms with Gasteiger partial charge in [0.1, 0.15) is 5.75 Å². The van der Waals surface area contributed by atoms with Crippen LogP contribution in [-0.4, -0.2) is 51.0 Å². The number of carbonyl (C=O) groups is 2. The summed E-state index contributed by atoms with van der Waals surface area (Å²) in [7, 11) is 5.39. The minimum Gasteiger partial charge on any atom is -0.495 e. The van der Waals surface area contributed by atoms with Crippen LogP contribution in [0.25, 0.3) is 0 Å². The van der Waals surface area contributed by atoms with Gasteiger partial charge in [-0.3, -0.25) is 9.59 Å². The van der Waals surface area contributed by atoms with E-state index in [0.717, 1.165) is 6.54 Å². The number of hydrogen-bond acceptors (Lipinski definition) is 4. The van der Waals surface area contributed by atoms with Gasteiger partial charge in [-0.1, -0.05) is 17.7 Å². The van der Waals surface area contributed by atoms with Crippen molar-refractivity contribution in [2.24, 2.45) is 0 Å². The lowest BCUT2D eigenvalue weighted by molar-refractivity contribution is 0.0951. The first-order chi connectivity index (χ1) is 12.4. The quantitative estimate of drug-likeness (QED) is 0.780. The molecule has 0 spiro atoms. The zero-order valence-corrected chi connectivity index (χ0v) is 15.8. The number of nitrogens with zero attached hydrogens (tertiary/aromatic N) is 1. The normalized spacial score (nSPS) is 10.5. The van der Waals surface area contributed by atoms with Gasteiger partial charge < -0.3 is 20.3 Å². The van der Waals surface area contributed by atoms with E-state index in [0.29, 0.717) is 34.1 Å². The van der Waals surface area contributed by atoms with E-state index in [9.17, 15) is 9.59 Å². The van der Waals surface area contributed by atoms with Gasteiger partial charge in [0.25, 0.3) is 11.8 Å². The van der Waals surface area contributed by atoms with Crippen molar-refractivity contribution in [3.8, 4) is 5.75 Å². The molecule has 0 unspecified atom stereocenters. The first-order valence-corrected chi connectivity index (χ1v) is 8.46. The number of rotatable bonds is 7. The molecule has 26 heavy (non-hydrogen) atoms. The maximum Gasteiger partial charge on any atom is 0.255 e. The zero-order valence-electron chi connectivity index (χ0n) is 15.0. The molecule has 0 radical (unpaired) electrons. The summed E-state index contributed by atoms with van der Waals surface area (Å²) in [5.41, 5.74) is 1.36. The third-order valence-corrected chi connectivity index (χ3v) is 3.94. The Morgan fingerprint density at radius 1 is 1.08 bits per heavy atom. The molecule has 2 amide bonds. The van der Waals surface area contributed by atoms with Gasteiger partial charge in [-0.25, -0.2) is 0 Å². The molecule has 0 aliphatic rings. The lowest BCUT2D eigenvalue weighted by Crippen LogP contribution is -2.31. The molecular formula is C19H22ClN3O3. The van der Waals surface area contributed by atoms with Gasteiger partial charge in [-0.2, -0.15) is 0 Å². The Kier molecular flexibility index (Phi) is 7.00. The van der Waals surface area contributed by atoms with Crippen LogP contribution in [0.15, 0.2) is 42.5 Å². The number of benzene rings is 2. The first-order valence-electron chi connectivity index (χ1n) is 8.08. The molecule has 2 N–H and O–H groups in total. The fraction of sp³-hybridized carbons (Fsp3) is 0.263. The van der Waals surface area contributed by atoms with Gasteiger partial charge in [0.2, 0.25) is 0 Å². The first kappa shape index (κ1) is 19.8. The summed E-state index contributed by atoms with van der Waals surface area (Å²) in [5, 5.41) is 5.98. The molecular weight excluding hydrogens is 354 g/mol. The van der Waals surface area contributed by atoms with E-state index in [1.807, 2.05) is 19.0 Å². The molecule has 6 nitrogen and oxygen atoms in total. The second-order valence-electron chi connectivity index (χ2n) is 5.94. The summed E-state index contributed by atoms with van der Waals surface area (Å²) in [6.07, 6.45) is 0. The average molecular weight is 376 g/mol. The fourth-order valence-electron chi connectivity index (χ4n) is 2.24. The molecule has 2 aromatic rings. The number of methoxy groups -OCH3 is 1. The number of amides is 2. The lowest BCUT2D eigenvalue weighted by Gasteiger charge is -2.11. The Bertz CT molecular complexity index is 793. The number of anilines is 1. The Morgan fingerprint density at radius 3 is 2.38 bits per heavy atom. The highest BCUT2D eigenvalue weighted by molar-refractivity contribution is 6.32. The van der Waals surface area contributed by atoms with Gasteiger partial charge in [0, 0.05) is 29.9 Å². The molecule has 0 fully saturated rings. The number of nitrogens with one attached hydrogen (secondary N) is 2. The Morgan fingerprint density at radius 2 is 1.77 bits per heavy atom. The predicted octanol–water partition coefficient (Wildman–Crippen LogP) is 2.89. The molecule has 0 bridgehead atoms. The van der Waals surface area contributed by atoms with Crippen LogP contribution in [0, 0.1) is 0 Å². The second-order valence-corrected chi connectivity index (χ2v) is 6.35. The fourth-order valence-corrected chi connectivity index (χ4v) is 2.50. The highest BCUT2D eigenvalue weighted by atomic mass is 35.5. The van der Waals surface area contributed by atoms with Crippen molar-refractivity contribution < 1.29 is 14.3 Å². The van der Waals surface area contributed by atoms with Gasteiger partial charge in [0.15, 0.2) is 0 Å². The molecule has 2 rings (SSSR count). The predicted molar refractivity (Wildman–Crippen MR) is 103 cm³/mol. The summed E-state index contributed by atoms with van der Waals surface area (Å²) in [4.78, 5) is 26.6. The van der Waals surface area contributed by atoms with Crippen LogP contribution in [-0.2, 0) is 0 Å². The number of halogens is 1. The average Bonchev–Trinajstić information content (AvgIpc) is 2.61. The van der Waals surface area contributed by atoms with Crippen molar-refractivity contribution in [2.45, 2.75) is 0 Å². The minimum atomic E-state index is -0.325. The largest absolute Gasteiger partial charge is 0.495 e. The molecule has 0 aliphatic carbocycles. The molecule has 0 heterocycles. The number of carbonyl (C=O) groups excluding carboxylic acids is 2. The highest BCUT2D eigenvalue weighted by Crippen LogP contribution is 2.27. The summed E-state index contributed by atoms with van der Waals surface area (Å²) in [6.45, 7) is 1.27. The van der Waals surface area contributed by atoms with Gasteiger partial charge in [-0.15, -0.1) is 0 Å². The van der Waals surface area contributed by atoms with Crippen molar-refractivity contribution in [1.82, 2.24) is 10.2 Å². The SMILES string of the molecule is COc1ccc(NC(=O)c2cccc(C(=O)NCCN(C)C)c2)cc1Cl. The van der Waals surface area contributed by atoms with Crippen molar-refractivity contribution >= 4 is 29.1 Å². The van der Waals surface area contributed by atoms with Crippen LogP contribution < -0.4 is 15.4 Å². The highest BCUT2D eigenvalue weighted by Gasteiger charge is 2.11. The summed E-state index contributed by atoms with van der Waals surface area (Å²) < 4.78 is 5.09. The van der Waals surface area contributed by atoms with Gasteiger partial charge in [0.05, 0.1) is 12.1 Å². The molecule has 7 heteroatoms. The van der Waals surface area contributed by atoms with E-state index in [2.05, 4.69) is 10.6 Å². The van der Waals surface area contributed by atoms with Crippen LogP contribution >= 0.6 is 11.6 Å². The van der Waals surface area contributed by atoms with Crippen molar-refractivity contribution in [3.63, 3.8) is 0 Å². The van der Waals surface area contributed by atoms with Crippen LogP contribution in [0.5, 0.6) is 5.75 Å². The van der Waals surface area contributed by atoms with Crippen LogP contribution in [0.2, 0.25) is 5.02 Å². The molecule has 0 atom stereocenters. The number of likely N-dealkylation sites (N-methyl/N-ethyl adjacent to an activating group) is 1. The molecule has 2 aromatic carbocycles. The standard InChI is InChI=1S/C19H22ClN3O3/c1-23(2)10-9-21-18(24)13-5-4-6-14(11-13)19(25)22-15-7-8-17(26-3)16(20)12-15/h4-8,11-12H,9-10H2,1-3H3,(H,21,24)(H,22,25). The molecule has 0 saturated heterocycles. The molecule has 138 valence electrons. The van der Waals surface area contributed by atoms with Crippen LogP contribution in [0.4, 0.5) is 5.69 Å². The van der Waals surface area contributed by atoms with Crippen molar-refractivity contribution in [3.05, 3.63) is 58.6 Å². The third-order valence-electron chi connectivity index (χ3n) is 3.64. The van der Waals surface area contributed by atoms with Crippen molar-refractivity contribution in [1.29, 1.82) is 0 Å².